The summed E-state index contributed by atoms with van der Waals surface area (Å²) in [5, 5.41) is 2.59. The molecule has 14 heavy (non-hydrogen) atoms. The van der Waals surface area contributed by atoms with Gasteiger partial charge < -0.3 is 11.1 Å². The molecular formula is C8H14N4O2. The van der Waals surface area contributed by atoms with E-state index < -0.39 is 0 Å². The Bertz CT molecular complexity index is 262. The average molecular weight is 198 g/mol. The maximum atomic E-state index is 11.5. The van der Waals surface area contributed by atoms with Crippen LogP contribution >= 0.6 is 0 Å². The molecule has 2 rings (SSSR count). The lowest BCUT2D eigenvalue weighted by Crippen LogP contribution is -2.58. The van der Waals surface area contributed by atoms with E-state index in [1.165, 1.54) is 4.90 Å². The third-order valence-corrected chi connectivity index (χ3v) is 2.50. The highest BCUT2D eigenvalue weighted by Gasteiger charge is 2.30. The van der Waals surface area contributed by atoms with Gasteiger partial charge in [0.05, 0.1) is 6.54 Å². The van der Waals surface area contributed by atoms with Crippen LogP contribution in [0, 0.1) is 0 Å². The van der Waals surface area contributed by atoms with Crippen LogP contribution in [0.4, 0.5) is 4.79 Å². The van der Waals surface area contributed by atoms with Crippen molar-refractivity contribution < 1.29 is 9.59 Å². The van der Waals surface area contributed by atoms with Crippen molar-refractivity contribution in [1.29, 1.82) is 0 Å². The average Bonchev–Trinajstić information content (AvgIpc) is 2.48. The van der Waals surface area contributed by atoms with Gasteiger partial charge in [0.1, 0.15) is 0 Å². The van der Waals surface area contributed by atoms with E-state index in [0.29, 0.717) is 19.6 Å². The van der Waals surface area contributed by atoms with Gasteiger partial charge in [-0.2, -0.15) is 0 Å². The number of likely N-dealkylation sites (tertiary alicyclic amines) is 1. The molecular weight excluding hydrogens is 184 g/mol. The minimum absolute atomic E-state index is 0.132. The quantitative estimate of drug-likeness (QED) is 0.547. The van der Waals surface area contributed by atoms with Crippen molar-refractivity contribution in [3.63, 3.8) is 0 Å². The van der Waals surface area contributed by atoms with Crippen LogP contribution in [0.25, 0.3) is 0 Å². The van der Waals surface area contributed by atoms with Crippen LogP contribution in [0.1, 0.15) is 0 Å². The Morgan fingerprint density at radius 2 is 2.29 bits per heavy atom. The maximum absolute atomic E-state index is 11.5. The summed E-state index contributed by atoms with van der Waals surface area (Å²) in [6.45, 7) is 2.85. The highest BCUT2D eigenvalue weighted by molar-refractivity contribution is 5.96. The summed E-state index contributed by atoms with van der Waals surface area (Å²) in [5.41, 5.74) is 5.58. The highest BCUT2D eigenvalue weighted by Crippen LogP contribution is 2.06. The molecule has 0 aromatic heterocycles. The molecule has 0 unspecified atom stereocenters. The molecule has 6 heteroatoms. The Hall–Kier alpha value is -1.14. The Labute approximate surface area is 82.0 Å². The minimum atomic E-state index is -0.278. The van der Waals surface area contributed by atoms with Crippen LogP contribution < -0.4 is 11.1 Å². The minimum Gasteiger partial charge on any atom is -0.336 e. The summed E-state index contributed by atoms with van der Waals surface area (Å²) in [6.07, 6.45) is 0. The number of nitrogens with two attached hydrogens (primary N) is 1. The summed E-state index contributed by atoms with van der Waals surface area (Å²) in [6, 6.07) is -0.0879. The summed E-state index contributed by atoms with van der Waals surface area (Å²) >= 11 is 0. The number of amides is 3. The molecule has 0 saturated carbocycles. The Kier molecular flexibility index (Phi) is 2.39. The molecule has 2 heterocycles. The topological polar surface area (TPSA) is 78.7 Å². The predicted octanol–water partition coefficient (Wildman–Crippen LogP) is -1.82. The lowest BCUT2D eigenvalue weighted by molar-refractivity contribution is -0.129. The van der Waals surface area contributed by atoms with Gasteiger partial charge >= 0.3 is 6.03 Å². The summed E-state index contributed by atoms with van der Waals surface area (Å²) < 4.78 is 0. The molecule has 3 amide bonds. The number of hydrogen-bond donors (Lipinski definition) is 2. The lowest BCUT2D eigenvalue weighted by Gasteiger charge is -2.36. The number of rotatable bonds is 2. The molecule has 0 atom stereocenters. The number of nitrogens with one attached hydrogen (secondary N) is 1. The van der Waals surface area contributed by atoms with Crippen LogP contribution in [0.5, 0.6) is 0 Å². The molecule has 2 aliphatic rings. The van der Waals surface area contributed by atoms with Crippen LogP contribution in [-0.4, -0.2) is 60.5 Å². The Morgan fingerprint density at radius 1 is 1.57 bits per heavy atom. The predicted molar refractivity (Wildman–Crippen MR) is 49.5 cm³/mol. The lowest BCUT2D eigenvalue weighted by atomic mass is 10.1. The zero-order valence-electron chi connectivity index (χ0n) is 7.90. The van der Waals surface area contributed by atoms with Crippen molar-refractivity contribution in [3.8, 4) is 0 Å². The first-order chi connectivity index (χ1) is 6.66. The number of imide groups is 1. The first-order valence-electron chi connectivity index (χ1n) is 4.73. The van der Waals surface area contributed by atoms with Crippen molar-refractivity contribution in [2.75, 3.05) is 32.7 Å². The van der Waals surface area contributed by atoms with E-state index in [0.717, 1.165) is 13.1 Å². The first-order valence-corrected chi connectivity index (χ1v) is 4.73. The molecule has 6 nitrogen and oxygen atoms in total. The fourth-order valence-electron chi connectivity index (χ4n) is 1.73. The number of hydrogen-bond acceptors (Lipinski definition) is 4. The van der Waals surface area contributed by atoms with Gasteiger partial charge in [-0.25, -0.2) is 4.79 Å². The van der Waals surface area contributed by atoms with Crippen molar-refractivity contribution in [3.05, 3.63) is 0 Å². The van der Waals surface area contributed by atoms with E-state index >= 15 is 0 Å². The van der Waals surface area contributed by atoms with Gasteiger partial charge in [0, 0.05) is 32.2 Å². The second-order valence-electron chi connectivity index (χ2n) is 3.73. The van der Waals surface area contributed by atoms with Gasteiger partial charge in [-0.1, -0.05) is 0 Å². The standard InChI is InChI=1S/C8H14N4O2/c9-6-3-11(4-6)5-7(13)12-2-1-10-8(12)14/h6H,1-5,9H2,(H,10,14). The normalized spacial score (nSPS) is 23.5. The smallest absolute Gasteiger partial charge is 0.324 e. The van der Waals surface area contributed by atoms with Gasteiger partial charge in [-0.3, -0.25) is 14.6 Å². The number of urea groups is 1. The fraction of sp³-hybridized carbons (Fsp3) is 0.750. The van der Waals surface area contributed by atoms with E-state index in [4.69, 9.17) is 5.73 Å². The van der Waals surface area contributed by atoms with E-state index in [1.807, 2.05) is 4.90 Å². The first kappa shape index (κ1) is 9.42. The zero-order valence-corrected chi connectivity index (χ0v) is 7.90. The molecule has 0 aliphatic carbocycles. The Balaban J connectivity index is 1.80. The van der Waals surface area contributed by atoms with Crippen molar-refractivity contribution in [2.24, 2.45) is 5.73 Å². The molecule has 0 radical (unpaired) electrons. The molecule has 0 spiro atoms. The maximum Gasteiger partial charge on any atom is 0.324 e. The van der Waals surface area contributed by atoms with Crippen molar-refractivity contribution >= 4 is 11.9 Å². The van der Waals surface area contributed by atoms with Crippen LogP contribution in [-0.2, 0) is 4.79 Å². The third kappa shape index (κ3) is 1.71. The van der Waals surface area contributed by atoms with Crippen LogP contribution in [0.3, 0.4) is 0 Å². The Morgan fingerprint density at radius 3 is 2.79 bits per heavy atom. The summed E-state index contributed by atoms with van der Waals surface area (Å²) in [4.78, 5) is 25.9. The summed E-state index contributed by atoms with van der Waals surface area (Å²) in [5.74, 6) is -0.132. The van der Waals surface area contributed by atoms with Gasteiger partial charge in [0.2, 0.25) is 5.91 Å². The van der Waals surface area contributed by atoms with E-state index in [2.05, 4.69) is 5.32 Å². The monoisotopic (exact) mass is 198 g/mol. The largest absolute Gasteiger partial charge is 0.336 e. The number of carbonyl (C=O) groups is 2. The van der Waals surface area contributed by atoms with E-state index in [-0.39, 0.29) is 18.0 Å². The molecule has 0 aromatic carbocycles. The van der Waals surface area contributed by atoms with Gasteiger partial charge in [0.15, 0.2) is 0 Å². The zero-order chi connectivity index (χ0) is 10.1. The van der Waals surface area contributed by atoms with Gasteiger partial charge in [-0.05, 0) is 0 Å². The van der Waals surface area contributed by atoms with Gasteiger partial charge in [0.25, 0.3) is 0 Å². The fourth-order valence-corrected chi connectivity index (χ4v) is 1.73. The molecule has 2 fully saturated rings. The molecule has 2 aliphatic heterocycles. The highest BCUT2D eigenvalue weighted by atomic mass is 16.2. The van der Waals surface area contributed by atoms with Gasteiger partial charge in [-0.15, -0.1) is 0 Å². The summed E-state index contributed by atoms with van der Waals surface area (Å²) in [7, 11) is 0. The molecule has 3 N–H and O–H groups in total. The van der Waals surface area contributed by atoms with Crippen LogP contribution in [0.15, 0.2) is 0 Å². The second-order valence-corrected chi connectivity index (χ2v) is 3.73. The molecule has 78 valence electrons. The van der Waals surface area contributed by atoms with E-state index in [1.54, 1.807) is 0 Å². The molecule has 2 saturated heterocycles. The number of carbonyl (C=O) groups excluding carboxylic acids is 2. The van der Waals surface area contributed by atoms with Crippen LogP contribution in [0.2, 0.25) is 0 Å². The second kappa shape index (κ2) is 3.55. The number of nitrogens with zero attached hydrogens (tertiary/aromatic N) is 2. The molecule has 0 bridgehead atoms. The van der Waals surface area contributed by atoms with Crippen molar-refractivity contribution in [1.82, 2.24) is 15.1 Å². The van der Waals surface area contributed by atoms with E-state index in [9.17, 15) is 9.59 Å². The molecule has 0 aromatic rings. The SMILES string of the molecule is NC1CN(CC(=O)N2CCNC2=O)C1. The van der Waals surface area contributed by atoms with Crippen molar-refractivity contribution in [2.45, 2.75) is 6.04 Å². The third-order valence-electron chi connectivity index (χ3n) is 2.50.